The molecule has 2 N–H and O–H groups in total. The molecule has 0 aliphatic heterocycles. The van der Waals surface area contributed by atoms with Crippen LogP contribution in [0.25, 0.3) is 0 Å². The fourth-order valence-electron chi connectivity index (χ4n) is 1.82. The lowest BCUT2D eigenvalue weighted by Gasteiger charge is -2.40. The molecule has 0 aromatic rings. The van der Waals surface area contributed by atoms with Crippen LogP contribution in [-0.4, -0.2) is 21.8 Å². The molecule has 0 aromatic carbocycles. The van der Waals surface area contributed by atoms with E-state index in [9.17, 15) is 10.2 Å². The number of aliphatic hydroxyl groups is 2. The van der Waals surface area contributed by atoms with Crippen LogP contribution in [0, 0.1) is 0 Å². The highest BCUT2D eigenvalue weighted by Crippen LogP contribution is 2.49. The fraction of sp³-hybridized carbons (Fsp3) is 0.333. The fourth-order valence-corrected chi connectivity index (χ4v) is 4.93. The Labute approximate surface area is 172 Å². The Hall–Kier alpha value is 1.72. The predicted molar refractivity (Wildman–Crippen MR) is 104 cm³/mol. The minimum atomic E-state index is -1.67. The molecule has 0 aromatic heterocycles. The molecule has 9 heteroatoms. The lowest BCUT2D eigenvalue weighted by molar-refractivity contribution is -0.292. The Morgan fingerprint density at radius 1 is 0.762 bits per heavy atom. The average Bonchev–Trinajstić information content (AvgIpc) is 2.44. The van der Waals surface area contributed by atoms with Crippen molar-refractivity contribution in [3.05, 3.63) is 39.0 Å². The summed E-state index contributed by atoms with van der Waals surface area (Å²) in [5.41, 5.74) is 0. The molecule has 21 heavy (non-hydrogen) atoms. The monoisotopic (exact) mass is 674 g/mol. The van der Waals surface area contributed by atoms with Gasteiger partial charge in [-0.05, 0) is 95.6 Å². The van der Waals surface area contributed by atoms with E-state index in [1.54, 1.807) is 12.2 Å². The molecule has 2 aliphatic carbocycles. The molecular weight excluding hydrogens is 672 g/mol. The summed E-state index contributed by atoms with van der Waals surface area (Å²) in [5, 5.41) is 21.5. The van der Waals surface area contributed by atoms with Crippen LogP contribution in [-0.2, 0) is 4.74 Å². The molecule has 116 valence electrons. The van der Waals surface area contributed by atoms with Crippen molar-refractivity contribution < 1.29 is 14.9 Å². The number of ether oxygens (including phenoxy) is 1. The SMILES string of the molecule is OC1(OC2(O)CC=C(Br)C(Br)=C2Br)CC=C(Br)C(Br)=C1Br. The second kappa shape index (κ2) is 6.92. The standard InChI is InChI=1S/C12H8Br6O3/c13-5-1-3-11(19,9(17)7(5)15)21-12(20)4-2-6(14)8(16)10(12)18/h1-2,19-20H,3-4H2. The molecule has 2 aliphatic rings. The van der Waals surface area contributed by atoms with Crippen molar-refractivity contribution in [1.82, 2.24) is 0 Å². The summed E-state index contributed by atoms with van der Waals surface area (Å²) in [6.45, 7) is 0. The molecule has 0 saturated heterocycles. The molecule has 0 heterocycles. The van der Waals surface area contributed by atoms with E-state index < -0.39 is 11.6 Å². The summed E-state index contributed by atoms with van der Waals surface area (Å²) in [5.74, 6) is -3.34. The normalized spacial score (nSPS) is 34.1. The van der Waals surface area contributed by atoms with Crippen molar-refractivity contribution in [3.63, 3.8) is 0 Å². The molecule has 0 amide bonds. The van der Waals surface area contributed by atoms with Crippen molar-refractivity contribution in [2.24, 2.45) is 0 Å². The lowest BCUT2D eigenvalue weighted by Crippen LogP contribution is -2.46. The van der Waals surface area contributed by atoms with Crippen LogP contribution in [0.2, 0.25) is 0 Å². The summed E-state index contributed by atoms with van der Waals surface area (Å²) < 4.78 is 9.36. The predicted octanol–water partition coefficient (Wildman–Crippen LogP) is 5.75. The van der Waals surface area contributed by atoms with Crippen molar-refractivity contribution in [3.8, 4) is 0 Å². The zero-order chi connectivity index (χ0) is 16.0. The van der Waals surface area contributed by atoms with Crippen LogP contribution in [0.5, 0.6) is 0 Å². The molecule has 0 bridgehead atoms. The van der Waals surface area contributed by atoms with Crippen LogP contribution in [0.1, 0.15) is 12.8 Å². The molecule has 0 radical (unpaired) electrons. The Morgan fingerprint density at radius 2 is 1.10 bits per heavy atom. The van der Waals surface area contributed by atoms with Crippen LogP contribution >= 0.6 is 95.6 Å². The summed E-state index contributed by atoms with van der Waals surface area (Å²) in [7, 11) is 0. The first-order chi connectivity index (χ1) is 9.61. The number of rotatable bonds is 2. The van der Waals surface area contributed by atoms with E-state index >= 15 is 0 Å². The second-order valence-corrected chi connectivity index (χ2v) is 9.32. The van der Waals surface area contributed by atoms with E-state index in [0.717, 1.165) is 8.96 Å². The third kappa shape index (κ3) is 3.71. The molecule has 3 nitrogen and oxygen atoms in total. The van der Waals surface area contributed by atoms with Gasteiger partial charge in [-0.2, -0.15) is 0 Å². The van der Waals surface area contributed by atoms with E-state index in [-0.39, 0.29) is 12.8 Å². The number of hydrogen-bond donors (Lipinski definition) is 2. The highest BCUT2D eigenvalue weighted by atomic mass is 79.9. The number of halogens is 6. The first-order valence-electron chi connectivity index (χ1n) is 5.59. The van der Waals surface area contributed by atoms with Gasteiger partial charge in [0.2, 0.25) is 11.6 Å². The second-order valence-electron chi connectivity index (χ2n) is 4.44. The van der Waals surface area contributed by atoms with E-state index in [1.165, 1.54) is 0 Å². The topological polar surface area (TPSA) is 49.7 Å². The highest BCUT2D eigenvalue weighted by Gasteiger charge is 2.46. The van der Waals surface area contributed by atoms with Gasteiger partial charge in [0.25, 0.3) is 0 Å². The van der Waals surface area contributed by atoms with Gasteiger partial charge in [0.05, 0.1) is 8.96 Å². The summed E-state index contributed by atoms with van der Waals surface area (Å²) in [6, 6.07) is 0. The molecule has 2 atom stereocenters. The summed E-state index contributed by atoms with van der Waals surface area (Å²) in [6.07, 6.45) is 3.90. The first kappa shape index (κ1) is 19.1. The molecule has 0 saturated carbocycles. The lowest BCUT2D eigenvalue weighted by atomic mass is 10.0. The Balaban J connectivity index is 2.35. The number of hydrogen-bond acceptors (Lipinski definition) is 3. The van der Waals surface area contributed by atoms with Crippen molar-refractivity contribution >= 4 is 95.6 Å². The van der Waals surface area contributed by atoms with Crippen molar-refractivity contribution in [1.29, 1.82) is 0 Å². The minimum absolute atomic E-state index is 0.189. The van der Waals surface area contributed by atoms with Crippen LogP contribution in [0.15, 0.2) is 39.0 Å². The quantitative estimate of drug-likeness (QED) is 0.366. The minimum Gasteiger partial charge on any atom is -0.361 e. The van der Waals surface area contributed by atoms with Gasteiger partial charge >= 0.3 is 0 Å². The van der Waals surface area contributed by atoms with Gasteiger partial charge in [-0.3, -0.25) is 0 Å². The van der Waals surface area contributed by atoms with Gasteiger partial charge in [0.15, 0.2) is 0 Å². The molecule has 2 unspecified atom stereocenters. The Morgan fingerprint density at radius 3 is 1.43 bits per heavy atom. The van der Waals surface area contributed by atoms with Crippen molar-refractivity contribution in [2.75, 3.05) is 0 Å². The number of allylic oxidation sites excluding steroid dienone is 4. The maximum atomic E-state index is 10.7. The zero-order valence-corrected chi connectivity index (χ0v) is 19.7. The van der Waals surface area contributed by atoms with Gasteiger partial charge in [0.1, 0.15) is 0 Å². The van der Waals surface area contributed by atoms with Crippen LogP contribution < -0.4 is 0 Å². The van der Waals surface area contributed by atoms with Crippen LogP contribution in [0.3, 0.4) is 0 Å². The Bertz CT molecular complexity index is 556. The first-order valence-corrected chi connectivity index (χ1v) is 10.3. The van der Waals surface area contributed by atoms with Gasteiger partial charge in [-0.1, -0.05) is 12.2 Å². The maximum absolute atomic E-state index is 10.7. The molecular formula is C12H8Br6O3. The van der Waals surface area contributed by atoms with Crippen LogP contribution in [0.4, 0.5) is 0 Å². The average molecular weight is 680 g/mol. The van der Waals surface area contributed by atoms with Gasteiger partial charge in [0, 0.05) is 30.8 Å². The maximum Gasteiger partial charge on any atom is 0.207 e. The third-order valence-corrected chi connectivity index (χ3v) is 10.2. The van der Waals surface area contributed by atoms with Crippen molar-refractivity contribution in [2.45, 2.75) is 24.4 Å². The Kier molecular flexibility index (Phi) is 6.27. The van der Waals surface area contributed by atoms with E-state index in [4.69, 9.17) is 4.74 Å². The van der Waals surface area contributed by atoms with Gasteiger partial charge in [-0.15, -0.1) is 0 Å². The highest BCUT2D eigenvalue weighted by molar-refractivity contribution is 9.16. The molecule has 0 spiro atoms. The van der Waals surface area contributed by atoms with Gasteiger partial charge < -0.3 is 14.9 Å². The molecule has 2 rings (SSSR count). The smallest absolute Gasteiger partial charge is 0.207 e. The summed E-state index contributed by atoms with van der Waals surface area (Å²) in [4.78, 5) is 0. The molecule has 0 fully saturated rings. The van der Waals surface area contributed by atoms with E-state index in [1.807, 2.05) is 0 Å². The van der Waals surface area contributed by atoms with E-state index in [2.05, 4.69) is 95.6 Å². The van der Waals surface area contributed by atoms with Gasteiger partial charge in [-0.25, -0.2) is 0 Å². The largest absolute Gasteiger partial charge is 0.361 e. The summed E-state index contributed by atoms with van der Waals surface area (Å²) >= 11 is 20.1. The zero-order valence-electron chi connectivity index (χ0n) is 10.1. The third-order valence-electron chi connectivity index (χ3n) is 2.94. The van der Waals surface area contributed by atoms with E-state index in [0.29, 0.717) is 17.9 Å².